The fraction of sp³-hybridized carbons (Fsp3) is 0.353. The van der Waals surface area contributed by atoms with Crippen LogP contribution in [0.25, 0.3) is 0 Å². The van der Waals surface area contributed by atoms with Crippen molar-refractivity contribution < 1.29 is 9.80 Å². The summed E-state index contributed by atoms with van der Waals surface area (Å²) < 4.78 is 0. The lowest BCUT2D eigenvalue weighted by Gasteiger charge is -2.29. The van der Waals surface area contributed by atoms with Crippen molar-refractivity contribution >= 4 is 11.3 Å². The van der Waals surface area contributed by atoms with Gasteiger partial charge in [0.1, 0.15) is 39.3 Å². The zero-order valence-corrected chi connectivity index (χ0v) is 13.0. The van der Waals surface area contributed by atoms with E-state index in [1.54, 1.807) is 9.80 Å². The van der Waals surface area contributed by atoms with Gasteiger partial charge in [-0.3, -0.25) is 0 Å². The molecule has 1 aliphatic heterocycles. The van der Waals surface area contributed by atoms with Crippen molar-refractivity contribution in [3.8, 4) is 6.07 Å². The van der Waals surface area contributed by atoms with Crippen molar-refractivity contribution in [3.05, 3.63) is 57.8 Å². The van der Waals surface area contributed by atoms with Crippen LogP contribution in [0, 0.1) is 11.3 Å². The van der Waals surface area contributed by atoms with Crippen LogP contribution in [0.3, 0.4) is 0 Å². The molecule has 0 unspecified atom stereocenters. The highest BCUT2D eigenvalue weighted by atomic mass is 32.1. The molecule has 2 heterocycles. The van der Waals surface area contributed by atoms with E-state index in [0.29, 0.717) is 0 Å². The molecule has 1 saturated heterocycles. The molecule has 0 spiro atoms. The molecule has 1 aliphatic rings. The van der Waals surface area contributed by atoms with Crippen LogP contribution in [0.5, 0.6) is 0 Å². The maximum Gasteiger partial charge on any atom is 0.127 e. The molecule has 1 fully saturated rings. The Morgan fingerprint density at radius 3 is 2.33 bits per heavy atom. The highest BCUT2D eigenvalue weighted by molar-refractivity contribution is 7.09. The lowest BCUT2D eigenvalue weighted by atomic mass is 10.1. The van der Waals surface area contributed by atoms with Gasteiger partial charge in [0.2, 0.25) is 0 Å². The van der Waals surface area contributed by atoms with E-state index in [1.165, 1.54) is 43.2 Å². The van der Waals surface area contributed by atoms with E-state index < -0.39 is 0 Å². The summed E-state index contributed by atoms with van der Waals surface area (Å²) in [5.74, 6) is 0. The van der Waals surface area contributed by atoms with E-state index in [-0.39, 0.29) is 0 Å². The Hall–Kier alpha value is -1.67. The van der Waals surface area contributed by atoms with Gasteiger partial charge in [-0.15, -0.1) is 11.3 Å². The Morgan fingerprint density at radius 2 is 1.67 bits per heavy atom. The number of rotatable bonds is 4. The monoisotopic (exact) mass is 299 g/mol. The molecule has 0 amide bonds. The molecular weight excluding hydrogens is 278 g/mol. The summed E-state index contributed by atoms with van der Waals surface area (Å²) in [5.41, 5.74) is 2.02. The Balaban J connectivity index is 1.53. The molecule has 1 aromatic heterocycles. The minimum Gasteiger partial charge on any atom is -0.322 e. The topological polar surface area (TPSA) is 32.7 Å². The van der Waals surface area contributed by atoms with Crippen LogP contribution in [0.2, 0.25) is 0 Å². The predicted molar refractivity (Wildman–Crippen MR) is 84.3 cm³/mol. The summed E-state index contributed by atoms with van der Waals surface area (Å²) in [6.07, 6.45) is 0. The number of nitrogens with zero attached hydrogens (tertiary/aromatic N) is 1. The van der Waals surface area contributed by atoms with E-state index in [9.17, 15) is 5.26 Å². The highest BCUT2D eigenvalue weighted by Gasteiger charge is 2.23. The van der Waals surface area contributed by atoms with Crippen molar-refractivity contribution in [2.45, 2.75) is 13.1 Å². The fourth-order valence-corrected chi connectivity index (χ4v) is 3.80. The smallest absolute Gasteiger partial charge is 0.127 e. The first kappa shape index (κ1) is 14.3. The van der Waals surface area contributed by atoms with E-state index in [1.807, 2.05) is 29.5 Å². The largest absolute Gasteiger partial charge is 0.322 e. The van der Waals surface area contributed by atoms with Crippen LogP contribution in [-0.2, 0) is 13.1 Å². The molecule has 0 radical (unpaired) electrons. The van der Waals surface area contributed by atoms with Crippen molar-refractivity contribution in [1.29, 1.82) is 5.26 Å². The minimum absolute atomic E-state index is 0.832. The number of hydrogen-bond donors (Lipinski definition) is 2. The minimum atomic E-state index is 0.832. The fourth-order valence-electron chi connectivity index (χ4n) is 3.02. The van der Waals surface area contributed by atoms with Crippen LogP contribution in [-0.4, -0.2) is 26.2 Å². The number of piperazine rings is 1. The summed E-state index contributed by atoms with van der Waals surface area (Å²) in [6, 6.07) is 14.7. The van der Waals surface area contributed by atoms with E-state index in [4.69, 9.17) is 0 Å². The van der Waals surface area contributed by atoms with Gasteiger partial charge in [-0.25, -0.2) is 0 Å². The Labute approximate surface area is 130 Å². The van der Waals surface area contributed by atoms with Crippen molar-refractivity contribution in [3.63, 3.8) is 0 Å². The Bertz CT molecular complexity index is 607. The summed E-state index contributed by atoms with van der Waals surface area (Å²) in [5, 5.41) is 11.3. The highest BCUT2D eigenvalue weighted by Crippen LogP contribution is 2.06. The zero-order chi connectivity index (χ0) is 14.5. The molecule has 21 heavy (non-hydrogen) atoms. The molecule has 1 aromatic carbocycles. The molecule has 0 aliphatic carbocycles. The SMILES string of the molecule is N#Cc1ccccc1C[NH+]1CC[NH+](Cc2cccs2)CC1. The molecule has 2 aromatic rings. The van der Waals surface area contributed by atoms with Crippen molar-refractivity contribution in [1.82, 2.24) is 0 Å². The van der Waals surface area contributed by atoms with E-state index >= 15 is 0 Å². The maximum atomic E-state index is 9.17. The molecule has 0 bridgehead atoms. The van der Waals surface area contributed by atoms with Gasteiger partial charge in [0.15, 0.2) is 0 Å². The van der Waals surface area contributed by atoms with Crippen LogP contribution in [0.15, 0.2) is 41.8 Å². The third-order valence-electron chi connectivity index (χ3n) is 4.25. The lowest BCUT2D eigenvalue weighted by molar-refractivity contribution is -1.02. The second-order valence-corrected chi connectivity index (χ2v) is 6.73. The first-order valence-electron chi connectivity index (χ1n) is 7.52. The van der Waals surface area contributed by atoms with Gasteiger partial charge in [-0.05, 0) is 17.5 Å². The Kier molecular flexibility index (Phi) is 4.66. The molecule has 4 heteroatoms. The van der Waals surface area contributed by atoms with E-state index in [0.717, 1.165) is 12.1 Å². The van der Waals surface area contributed by atoms with Crippen molar-refractivity contribution in [2.75, 3.05) is 26.2 Å². The summed E-state index contributed by atoms with van der Waals surface area (Å²) in [6.45, 7) is 6.99. The third-order valence-corrected chi connectivity index (χ3v) is 5.12. The van der Waals surface area contributed by atoms with Crippen LogP contribution < -0.4 is 9.80 Å². The Morgan fingerprint density at radius 1 is 0.952 bits per heavy atom. The quantitative estimate of drug-likeness (QED) is 0.825. The molecule has 108 valence electrons. The number of hydrogen-bond acceptors (Lipinski definition) is 2. The average molecular weight is 299 g/mol. The first-order chi connectivity index (χ1) is 10.3. The van der Waals surface area contributed by atoms with E-state index in [2.05, 4.69) is 29.6 Å². The van der Waals surface area contributed by atoms with Gasteiger partial charge in [0, 0.05) is 5.56 Å². The van der Waals surface area contributed by atoms with Gasteiger partial charge in [-0.2, -0.15) is 5.26 Å². The molecule has 2 N–H and O–H groups in total. The number of thiophene rings is 1. The number of nitrogens with one attached hydrogen (secondary N) is 2. The van der Waals surface area contributed by atoms with Gasteiger partial charge >= 0.3 is 0 Å². The van der Waals surface area contributed by atoms with Crippen molar-refractivity contribution in [2.24, 2.45) is 0 Å². The van der Waals surface area contributed by atoms with Gasteiger partial charge in [0.25, 0.3) is 0 Å². The number of benzene rings is 1. The second kappa shape index (κ2) is 6.86. The molecule has 0 saturated carbocycles. The molecular formula is C17H21N3S+2. The molecule has 0 atom stereocenters. The number of nitriles is 1. The zero-order valence-electron chi connectivity index (χ0n) is 12.1. The predicted octanol–water partition coefficient (Wildman–Crippen LogP) is 0.103. The van der Waals surface area contributed by atoms with Gasteiger partial charge in [-0.1, -0.05) is 24.3 Å². The summed E-state index contributed by atoms with van der Waals surface area (Å²) in [4.78, 5) is 4.78. The van der Waals surface area contributed by atoms with Gasteiger partial charge < -0.3 is 9.80 Å². The first-order valence-corrected chi connectivity index (χ1v) is 8.40. The lowest BCUT2D eigenvalue weighted by Crippen LogP contribution is -3.27. The van der Waals surface area contributed by atoms with Crippen LogP contribution in [0.1, 0.15) is 16.0 Å². The average Bonchev–Trinajstić information content (AvgIpc) is 3.03. The normalized spacial score (nSPS) is 21.9. The second-order valence-electron chi connectivity index (χ2n) is 5.70. The summed E-state index contributed by atoms with van der Waals surface area (Å²) >= 11 is 1.86. The van der Waals surface area contributed by atoms with Crippen LogP contribution in [0.4, 0.5) is 0 Å². The van der Waals surface area contributed by atoms with Crippen LogP contribution >= 0.6 is 11.3 Å². The summed E-state index contributed by atoms with van der Waals surface area (Å²) in [7, 11) is 0. The third kappa shape index (κ3) is 3.70. The maximum absolute atomic E-state index is 9.17. The molecule has 3 nitrogen and oxygen atoms in total. The standard InChI is InChI=1S/C17H19N3S/c18-12-15-4-1-2-5-16(15)13-19-7-9-20(10-8-19)14-17-6-3-11-21-17/h1-6,11H,7-10,13-14H2/p+2. The number of quaternary nitrogens is 2. The van der Waals surface area contributed by atoms with Gasteiger partial charge in [0.05, 0.1) is 16.5 Å². The molecule has 3 rings (SSSR count).